The van der Waals surface area contributed by atoms with Gasteiger partial charge in [-0.25, -0.2) is 0 Å². The van der Waals surface area contributed by atoms with Crippen LogP contribution >= 0.6 is 22.6 Å². The summed E-state index contributed by atoms with van der Waals surface area (Å²) in [6.45, 7) is 2.16. The predicted octanol–water partition coefficient (Wildman–Crippen LogP) is 2.25. The van der Waals surface area contributed by atoms with E-state index in [9.17, 15) is 17.1 Å². The molecule has 0 aliphatic carbocycles. The highest BCUT2D eigenvalue weighted by molar-refractivity contribution is 14.1. The van der Waals surface area contributed by atoms with Crippen LogP contribution in [0.25, 0.3) is 0 Å². The van der Waals surface area contributed by atoms with E-state index in [2.05, 4.69) is 22.6 Å². The van der Waals surface area contributed by atoms with Crippen LogP contribution in [0.15, 0.2) is 18.2 Å². The molecule has 1 heterocycles. The van der Waals surface area contributed by atoms with Crippen molar-refractivity contribution >= 4 is 44.4 Å². The molecule has 0 N–H and O–H groups in total. The van der Waals surface area contributed by atoms with Gasteiger partial charge in [0.05, 0.1) is 5.75 Å². The number of nitrogens with zero attached hydrogens (tertiary/aromatic N) is 1. The highest BCUT2D eigenvalue weighted by Gasteiger charge is 2.34. The molecule has 1 aromatic carbocycles. The molecule has 7 heteroatoms. The molecular formula is C12H13FINO3S. The highest BCUT2D eigenvalue weighted by Crippen LogP contribution is 2.30. The Kier molecular flexibility index (Phi) is 4.14. The van der Waals surface area contributed by atoms with Gasteiger partial charge in [0.15, 0.2) is 0 Å². The first-order chi connectivity index (χ1) is 8.78. The molecule has 1 aliphatic heterocycles. The topological polar surface area (TPSA) is 54.5 Å². The van der Waals surface area contributed by atoms with E-state index in [1.54, 1.807) is 4.90 Å². The number of amides is 1. The highest BCUT2D eigenvalue weighted by atomic mass is 127. The third-order valence-electron chi connectivity index (χ3n) is 3.17. The van der Waals surface area contributed by atoms with Crippen molar-refractivity contribution in [1.29, 1.82) is 0 Å². The SMILES string of the molecule is Cc1c(I)cccc1N1CC(CS(=O)(=O)F)CC1=O. The van der Waals surface area contributed by atoms with Crippen LogP contribution in [-0.2, 0) is 15.0 Å². The molecule has 0 aromatic heterocycles. The smallest absolute Gasteiger partial charge is 0.302 e. The van der Waals surface area contributed by atoms with Crippen molar-refractivity contribution in [3.63, 3.8) is 0 Å². The minimum Gasteiger partial charge on any atom is -0.312 e. The number of benzene rings is 1. The molecule has 1 unspecified atom stereocenters. The van der Waals surface area contributed by atoms with Gasteiger partial charge in [0, 0.05) is 28.1 Å². The Labute approximate surface area is 125 Å². The first-order valence-electron chi connectivity index (χ1n) is 5.76. The van der Waals surface area contributed by atoms with E-state index in [0.717, 1.165) is 14.8 Å². The standard InChI is InChI=1S/C12H13FINO3S/c1-8-10(14)3-2-4-11(8)15-6-9(5-12(15)16)7-19(13,17)18/h2-4,9H,5-7H2,1H3. The largest absolute Gasteiger partial charge is 0.312 e. The molecule has 1 saturated heterocycles. The third kappa shape index (κ3) is 3.44. The van der Waals surface area contributed by atoms with Crippen LogP contribution in [0.1, 0.15) is 12.0 Å². The van der Waals surface area contributed by atoms with Crippen LogP contribution in [0.3, 0.4) is 0 Å². The summed E-state index contributed by atoms with van der Waals surface area (Å²) in [5, 5.41) is 0. The van der Waals surface area contributed by atoms with Gasteiger partial charge < -0.3 is 4.90 Å². The Morgan fingerprint density at radius 1 is 1.47 bits per heavy atom. The molecule has 0 radical (unpaired) electrons. The molecule has 0 saturated carbocycles. The summed E-state index contributed by atoms with van der Waals surface area (Å²) < 4.78 is 35.0. The lowest BCUT2D eigenvalue weighted by atomic mass is 10.1. The molecule has 1 aromatic rings. The average molecular weight is 397 g/mol. The maximum Gasteiger partial charge on any atom is 0.302 e. The fourth-order valence-electron chi connectivity index (χ4n) is 2.30. The number of carbonyl (C=O) groups is 1. The Morgan fingerprint density at radius 2 is 2.16 bits per heavy atom. The van der Waals surface area contributed by atoms with Crippen LogP contribution in [-0.4, -0.2) is 26.6 Å². The van der Waals surface area contributed by atoms with E-state index in [0.29, 0.717) is 0 Å². The average Bonchev–Trinajstić information content (AvgIpc) is 2.61. The van der Waals surface area contributed by atoms with Crippen LogP contribution in [0.2, 0.25) is 0 Å². The molecule has 1 aliphatic rings. The van der Waals surface area contributed by atoms with Crippen molar-refractivity contribution in [2.24, 2.45) is 5.92 Å². The molecule has 0 bridgehead atoms. The van der Waals surface area contributed by atoms with E-state index in [1.807, 2.05) is 25.1 Å². The maximum atomic E-state index is 12.7. The summed E-state index contributed by atoms with van der Waals surface area (Å²) in [5.41, 5.74) is 1.75. The number of anilines is 1. The van der Waals surface area contributed by atoms with Gasteiger partial charge in [-0.2, -0.15) is 8.42 Å². The molecule has 104 valence electrons. The lowest BCUT2D eigenvalue weighted by molar-refractivity contribution is -0.117. The summed E-state index contributed by atoms with van der Waals surface area (Å²) in [6, 6.07) is 5.60. The van der Waals surface area contributed by atoms with Crippen molar-refractivity contribution in [1.82, 2.24) is 0 Å². The number of halogens is 2. The zero-order valence-electron chi connectivity index (χ0n) is 10.3. The molecule has 1 fully saturated rings. The summed E-state index contributed by atoms with van der Waals surface area (Å²) in [4.78, 5) is 13.5. The summed E-state index contributed by atoms with van der Waals surface area (Å²) in [6.07, 6.45) is 0.0774. The van der Waals surface area contributed by atoms with Gasteiger partial charge in [-0.15, -0.1) is 3.89 Å². The van der Waals surface area contributed by atoms with E-state index >= 15 is 0 Å². The van der Waals surface area contributed by atoms with Crippen LogP contribution in [0, 0.1) is 16.4 Å². The predicted molar refractivity (Wildman–Crippen MR) is 79.3 cm³/mol. The monoisotopic (exact) mass is 397 g/mol. The number of hydrogen-bond acceptors (Lipinski definition) is 3. The zero-order valence-corrected chi connectivity index (χ0v) is 13.2. The minimum absolute atomic E-state index is 0.0774. The molecular weight excluding hydrogens is 384 g/mol. The third-order valence-corrected chi connectivity index (χ3v) is 5.21. The number of rotatable bonds is 3. The van der Waals surface area contributed by atoms with Crippen molar-refractivity contribution in [3.8, 4) is 0 Å². The van der Waals surface area contributed by atoms with Crippen molar-refractivity contribution in [3.05, 3.63) is 27.3 Å². The van der Waals surface area contributed by atoms with Gasteiger partial charge in [-0.1, -0.05) is 6.07 Å². The van der Waals surface area contributed by atoms with Gasteiger partial charge in [0.2, 0.25) is 5.91 Å². The van der Waals surface area contributed by atoms with Crippen LogP contribution in [0.4, 0.5) is 9.57 Å². The van der Waals surface area contributed by atoms with Gasteiger partial charge in [0.1, 0.15) is 0 Å². The van der Waals surface area contributed by atoms with E-state index in [4.69, 9.17) is 0 Å². The fraction of sp³-hybridized carbons (Fsp3) is 0.417. The molecule has 0 spiro atoms. The second-order valence-corrected chi connectivity index (χ2v) is 7.24. The fourth-order valence-corrected chi connectivity index (χ4v) is 3.57. The second kappa shape index (κ2) is 5.35. The molecule has 19 heavy (non-hydrogen) atoms. The Morgan fingerprint density at radius 3 is 2.79 bits per heavy atom. The van der Waals surface area contributed by atoms with Gasteiger partial charge in [-0.05, 0) is 47.2 Å². The quantitative estimate of drug-likeness (QED) is 0.581. The Balaban J connectivity index is 2.23. The molecule has 2 rings (SSSR count). The Hall–Kier alpha value is -0.700. The van der Waals surface area contributed by atoms with E-state index in [-0.39, 0.29) is 18.9 Å². The van der Waals surface area contributed by atoms with Gasteiger partial charge >= 0.3 is 10.2 Å². The van der Waals surface area contributed by atoms with Crippen LogP contribution in [0.5, 0.6) is 0 Å². The van der Waals surface area contributed by atoms with Crippen molar-refractivity contribution < 1.29 is 17.1 Å². The second-order valence-electron chi connectivity index (χ2n) is 4.66. The summed E-state index contributed by atoms with van der Waals surface area (Å²) in [7, 11) is -4.54. The molecule has 4 nitrogen and oxygen atoms in total. The first-order valence-corrected chi connectivity index (χ1v) is 8.39. The molecule has 1 amide bonds. The lowest BCUT2D eigenvalue weighted by Gasteiger charge is -2.19. The minimum atomic E-state index is -4.54. The van der Waals surface area contributed by atoms with Crippen molar-refractivity contribution in [2.45, 2.75) is 13.3 Å². The van der Waals surface area contributed by atoms with Gasteiger partial charge in [-0.3, -0.25) is 4.79 Å². The maximum absolute atomic E-state index is 12.7. The van der Waals surface area contributed by atoms with Gasteiger partial charge in [0.25, 0.3) is 0 Å². The lowest BCUT2D eigenvalue weighted by Crippen LogP contribution is -2.26. The van der Waals surface area contributed by atoms with Crippen LogP contribution < -0.4 is 4.90 Å². The van der Waals surface area contributed by atoms with E-state index in [1.165, 1.54) is 0 Å². The first kappa shape index (κ1) is 14.7. The Bertz CT molecular complexity index is 617. The number of hydrogen-bond donors (Lipinski definition) is 0. The molecule has 1 atom stereocenters. The van der Waals surface area contributed by atoms with Crippen molar-refractivity contribution in [2.75, 3.05) is 17.2 Å². The number of carbonyl (C=O) groups excluding carboxylic acids is 1. The summed E-state index contributed by atoms with van der Waals surface area (Å²) in [5.74, 6) is -1.21. The zero-order chi connectivity index (χ0) is 14.2. The normalized spacial score (nSPS) is 20.1. The van der Waals surface area contributed by atoms with E-state index < -0.39 is 21.9 Å². The summed E-state index contributed by atoms with van der Waals surface area (Å²) >= 11 is 2.18.